The molecule has 1 heterocycles. The van der Waals surface area contributed by atoms with Gasteiger partial charge in [0.1, 0.15) is 0 Å². The van der Waals surface area contributed by atoms with Crippen LogP contribution in [0.5, 0.6) is 0 Å². The molecule has 4 heteroatoms. The van der Waals surface area contributed by atoms with Gasteiger partial charge in [0, 0.05) is 25.7 Å². The molecule has 1 aliphatic heterocycles. The van der Waals surface area contributed by atoms with Crippen LogP contribution in [0.15, 0.2) is 0 Å². The first-order chi connectivity index (χ1) is 5.33. The zero-order chi connectivity index (χ0) is 8.10. The van der Waals surface area contributed by atoms with Crippen LogP contribution >= 0.6 is 12.4 Å². The van der Waals surface area contributed by atoms with Crippen LogP contribution in [0, 0.1) is 0 Å². The number of hydrogen-bond acceptors (Lipinski definition) is 3. The van der Waals surface area contributed by atoms with Crippen LogP contribution in [0.2, 0.25) is 0 Å². The Balaban J connectivity index is 0.00000121. The maximum Gasteiger partial charge on any atom is 0.0167 e. The second-order valence-corrected chi connectivity index (χ2v) is 3.30. The van der Waals surface area contributed by atoms with Crippen molar-refractivity contribution in [3.63, 3.8) is 0 Å². The van der Waals surface area contributed by atoms with Crippen molar-refractivity contribution < 1.29 is 0 Å². The van der Waals surface area contributed by atoms with Gasteiger partial charge in [0.15, 0.2) is 0 Å². The Morgan fingerprint density at radius 1 is 1.58 bits per heavy atom. The zero-order valence-electron chi connectivity index (χ0n) is 7.75. The average molecular weight is 194 g/mol. The summed E-state index contributed by atoms with van der Waals surface area (Å²) >= 11 is 0. The van der Waals surface area contributed by atoms with Gasteiger partial charge < -0.3 is 16.0 Å². The maximum atomic E-state index is 5.44. The molecule has 1 atom stereocenters. The first-order valence-corrected chi connectivity index (χ1v) is 4.48. The molecule has 0 aromatic carbocycles. The first-order valence-electron chi connectivity index (χ1n) is 4.48. The van der Waals surface area contributed by atoms with Crippen LogP contribution in [-0.4, -0.2) is 43.7 Å². The molecule has 12 heavy (non-hydrogen) atoms. The van der Waals surface area contributed by atoms with Crippen LogP contribution in [0.4, 0.5) is 0 Å². The van der Waals surface area contributed by atoms with Crippen LogP contribution in [0.25, 0.3) is 0 Å². The van der Waals surface area contributed by atoms with E-state index in [4.69, 9.17) is 5.73 Å². The lowest BCUT2D eigenvalue weighted by molar-refractivity contribution is 0.206. The van der Waals surface area contributed by atoms with Crippen molar-refractivity contribution in [3.8, 4) is 0 Å². The van der Waals surface area contributed by atoms with Crippen molar-refractivity contribution in [3.05, 3.63) is 0 Å². The predicted octanol–water partition coefficient (Wildman–Crippen LogP) is 0.0507. The fraction of sp³-hybridized carbons (Fsp3) is 1.00. The average Bonchev–Trinajstić information content (AvgIpc) is 2.01. The summed E-state index contributed by atoms with van der Waals surface area (Å²) in [4.78, 5) is 2.48. The molecule has 0 aromatic heterocycles. The minimum absolute atomic E-state index is 0. The summed E-state index contributed by atoms with van der Waals surface area (Å²) in [5.41, 5.74) is 5.44. The Morgan fingerprint density at radius 3 is 2.92 bits per heavy atom. The molecule has 3 N–H and O–H groups in total. The fourth-order valence-electron chi connectivity index (χ4n) is 1.53. The summed E-state index contributed by atoms with van der Waals surface area (Å²) in [6.07, 6.45) is 1.13. The number of nitrogens with one attached hydrogen (secondary N) is 1. The van der Waals surface area contributed by atoms with E-state index in [2.05, 4.69) is 17.1 Å². The van der Waals surface area contributed by atoms with E-state index in [9.17, 15) is 0 Å². The second kappa shape index (κ2) is 6.66. The Bertz CT molecular complexity index is 110. The summed E-state index contributed by atoms with van der Waals surface area (Å²) in [6.45, 7) is 7.71. The standard InChI is InChI=1S/C8H19N3.ClH/c1-8-7-11(5-2-3-9)6-4-10-8;/h8,10H,2-7,9H2,1H3;1H. The van der Waals surface area contributed by atoms with E-state index in [1.165, 1.54) is 19.6 Å². The van der Waals surface area contributed by atoms with Crippen LogP contribution in [0.1, 0.15) is 13.3 Å². The predicted molar refractivity (Wildman–Crippen MR) is 54.8 cm³/mol. The molecule has 0 radical (unpaired) electrons. The molecule has 1 saturated heterocycles. The number of piperazine rings is 1. The van der Waals surface area contributed by atoms with Crippen LogP contribution < -0.4 is 11.1 Å². The van der Waals surface area contributed by atoms with Crippen molar-refractivity contribution in [1.29, 1.82) is 0 Å². The highest BCUT2D eigenvalue weighted by atomic mass is 35.5. The van der Waals surface area contributed by atoms with E-state index in [1.54, 1.807) is 0 Å². The molecule has 0 amide bonds. The van der Waals surface area contributed by atoms with Gasteiger partial charge in [-0.25, -0.2) is 0 Å². The van der Waals surface area contributed by atoms with Crippen molar-refractivity contribution in [2.24, 2.45) is 5.73 Å². The monoisotopic (exact) mass is 193 g/mol. The third-order valence-corrected chi connectivity index (χ3v) is 2.13. The molecule has 1 rings (SSSR count). The Kier molecular flexibility index (Phi) is 6.76. The second-order valence-electron chi connectivity index (χ2n) is 3.30. The van der Waals surface area contributed by atoms with Crippen molar-refractivity contribution in [2.45, 2.75) is 19.4 Å². The van der Waals surface area contributed by atoms with Crippen LogP contribution in [0.3, 0.4) is 0 Å². The largest absolute Gasteiger partial charge is 0.330 e. The third-order valence-electron chi connectivity index (χ3n) is 2.13. The van der Waals surface area contributed by atoms with Gasteiger partial charge in [-0.15, -0.1) is 12.4 Å². The molecule has 1 fully saturated rings. The van der Waals surface area contributed by atoms with E-state index in [1.807, 2.05) is 0 Å². The highest BCUT2D eigenvalue weighted by molar-refractivity contribution is 5.85. The number of nitrogens with two attached hydrogens (primary N) is 1. The number of hydrogen-bond donors (Lipinski definition) is 2. The smallest absolute Gasteiger partial charge is 0.0167 e. The molecule has 3 nitrogen and oxygen atoms in total. The third kappa shape index (κ3) is 4.26. The molecule has 0 aliphatic carbocycles. The summed E-state index contributed by atoms with van der Waals surface area (Å²) in [5, 5.41) is 3.42. The molecule has 0 saturated carbocycles. The molecule has 0 aromatic rings. The lowest BCUT2D eigenvalue weighted by Crippen LogP contribution is -2.49. The summed E-state index contributed by atoms with van der Waals surface area (Å²) in [6, 6.07) is 0.654. The Morgan fingerprint density at radius 2 is 2.33 bits per heavy atom. The highest BCUT2D eigenvalue weighted by Gasteiger charge is 2.13. The Hall–Kier alpha value is 0.170. The van der Waals surface area contributed by atoms with Crippen molar-refractivity contribution >= 4 is 12.4 Å². The van der Waals surface area contributed by atoms with Gasteiger partial charge in [0.25, 0.3) is 0 Å². The van der Waals surface area contributed by atoms with E-state index < -0.39 is 0 Å². The molecule has 1 unspecified atom stereocenters. The molecule has 1 aliphatic rings. The van der Waals surface area contributed by atoms with Crippen molar-refractivity contribution in [1.82, 2.24) is 10.2 Å². The minimum Gasteiger partial charge on any atom is -0.330 e. The van der Waals surface area contributed by atoms with Crippen molar-refractivity contribution in [2.75, 3.05) is 32.7 Å². The van der Waals surface area contributed by atoms with E-state index in [0.29, 0.717) is 6.04 Å². The molecule has 74 valence electrons. The van der Waals surface area contributed by atoms with E-state index >= 15 is 0 Å². The van der Waals surface area contributed by atoms with E-state index in [-0.39, 0.29) is 12.4 Å². The van der Waals surface area contributed by atoms with Gasteiger partial charge in [-0.05, 0) is 26.4 Å². The zero-order valence-corrected chi connectivity index (χ0v) is 8.57. The lowest BCUT2D eigenvalue weighted by atomic mass is 10.2. The van der Waals surface area contributed by atoms with Gasteiger partial charge in [0.05, 0.1) is 0 Å². The highest BCUT2D eigenvalue weighted by Crippen LogP contribution is 1.98. The molecule has 0 bridgehead atoms. The van der Waals surface area contributed by atoms with Crippen LogP contribution in [-0.2, 0) is 0 Å². The number of halogens is 1. The fourth-order valence-corrected chi connectivity index (χ4v) is 1.53. The minimum atomic E-state index is 0. The first kappa shape index (κ1) is 12.2. The quantitative estimate of drug-likeness (QED) is 0.666. The van der Waals surface area contributed by atoms with Gasteiger partial charge in [0.2, 0.25) is 0 Å². The number of rotatable bonds is 3. The molecular weight excluding hydrogens is 174 g/mol. The van der Waals surface area contributed by atoms with Gasteiger partial charge >= 0.3 is 0 Å². The van der Waals surface area contributed by atoms with E-state index in [0.717, 1.165) is 19.5 Å². The normalized spacial score (nSPS) is 25.0. The summed E-state index contributed by atoms with van der Waals surface area (Å²) in [7, 11) is 0. The topological polar surface area (TPSA) is 41.3 Å². The van der Waals surface area contributed by atoms with Gasteiger partial charge in [-0.3, -0.25) is 0 Å². The summed E-state index contributed by atoms with van der Waals surface area (Å²) in [5.74, 6) is 0. The van der Waals surface area contributed by atoms with Gasteiger partial charge in [-0.1, -0.05) is 0 Å². The lowest BCUT2D eigenvalue weighted by Gasteiger charge is -2.31. The number of nitrogens with zero attached hydrogens (tertiary/aromatic N) is 1. The van der Waals surface area contributed by atoms with Gasteiger partial charge in [-0.2, -0.15) is 0 Å². The SMILES string of the molecule is CC1CN(CCCN)CCN1.Cl. The molecule has 0 spiro atoms. The molecular formula is C8H20ClN3. The Labute approximate surface area is 81.1 Å². The maximum absolute atomic E-state index is 5.44. The summed E-state index contributed by atoms with van der Waals surface area (Å²) < 4.78 is 0.